The van der Waals surface area contributed by atoms with Crippen LogP contribution in [-0.4, -0.2) is 25.7 Å². The molecule has 1 aromatic carbocycles. The van der Waals surface area contributed by atoms with Gasteiger partial charge in [-0.25, -0.2) is 4.98 Å². The molecule has 1 amide bonds. The quantitative estimate of drug-likeness (QED) is 0.433. The number of aryl methyl sites for hydroxylation is 1. The summed E-state index contributed by atoms with van der Waals surface area (Å²) < 4.78 is 39.9. The Kier molecular flexibility index (Phi) is 5.56. The molecule has 3 heterocycles. The Morgan fingerprint density at radius 3 is 2.59 bits per heavy atom. The van der Waals surface area contributed by atoms with Crippen LogP contribution in [-0.2, 0) is 19.0 Å². The van der Waals surface area contributed by atoms with Crippen molar-refractivity contribution >= 4 is 23.1 Å². The molecule has 4 aromatic rings. The fourth-order valence-electron chi connectivity index (χ4n) is 3.87. The van der Waals surface area contributed by atoms with Crippen molar-refractivity contribution in [2.24, 2.45) is 0 Å². The van der Waals surface area contributed by atoms with Gasteiger partial charge < -0.3 is 5.32 Å². The average Bonchev–Trinajstić information content (AvgIpc) is 3.49. The minimum Gasteiger partial charge on any atom is -0.306 e. The monoisotopic (exact) mass is 485 g/mol. The number of hydrogen-bond acceptors (Lipinski definition) is 5. The molecule has 11 heteroatoms. The van der Waals surface area contributed by atoms with Crippen molar-refractivity contribution in [1.82, 2.24) is 19.7 Å². The number of carbonyl (C=O) groups is 1. The summed E-state index contributed by atoms with van der Waals surface area (Å²) in [6.07, 6.45) is -1.30. The van der Waals surface area contributed by atoms with Crippen LogP contribution in [0.15, 0.2) is 52.6 Å². The van der Waals surface area contributed by atoms with Crippen LogP contribution in [0.2, 0.25) is 0 Å². The number of benzene rings is 1. The van der Waals surface area contributed by atoms with Gasteiger partial charge in [0.05, 0.1) is 16.1 Å². The fraction of sp³-hybridized carbons (Fsp3) is 0.217. The summed E-state index contributed by atoms with van der Waals surface area (Å²) in [6, 6.07) is 9.28. The number of aromatic amines is 1. The van der Waals surface area contributed by atoms with Crippen LogP contribution in [0.3, 0.4) is 0 Å². The predicted molar refractivity (Wildman–Crippen MR) is 121 cm³/mol. The summed E-state index contributed by atoms with van der Waals surface area (Å²) in [5.74, 6) is -0.226. The molecule has 0 unspecified atom stereocenters. The highest BCUT2D eigenvalue weighted by molar-refractivity contribution is 7.13. The van der Waals surface area contributed by atoms with Crippen molar-refractivity contribution in [3.8, 4) is 16.5 Å². The lowest BCUT2D eigenvalue weighted by molar-refractivity contribution is -0.137. The van der Waals surface area contributed by atoms with Gasteiger partial charge in [0.25, 0.3) is 11.5 Å². The Labute approximate surface area is 195 Å². The van der Waals surface area contributed by atoms with Crippen LogP contribution in [0, 0.1) is 0 Å². The molecule has 0 atom stereocenters. The first kappa shape index (κ1) is 22.1. The molecular weight excluding hydrogens is 467 g/mol. The first-order valence-corrected chi connectivity index (χ1v) is 11.4. The molecule has 0 radical (unpaired) electrons. The molecule has 2 N–H and O–H groups in total. The van der Waals surface area contributed by atoms with Gasteiger partial charge in [0, 0.05) is 17.2 Å². The number of aromatic nitrogens is 4. The van der Waals surface area contributed by atoms with Crippen molar-refractivity contribution in [1.29, 1.82) is 0 Å². The molecule has 174 valence electrons. The van der Waals surface area contributed by atoms with Crippen LogP contribution in [0.5, 0.6) is 0 Å². The van der Waals surface area contributed by atoms with E-state index in [1.165, 1.54) is 16.0 Å². The van der Waals surface area contributed by atoms with Crippen molar-refractivity contribution in [3.05, 3.63) is 80.6 Å². The summed E-state index contributed by atoms with van der Waals surface area (Å²) in [6.45, 7) is 0. The maximum absolute atomic E-state index is 12.9. The number of anilines is 1. The molecule has 0 saturated carbocycles. The first-order valence-electron chi connectivity index (χ1n) is 10.5. The maximum atomic E-state index is 12.9. The van der Waals surface area contributed by atoms with E-state index in [-0.39, 0.29) is 22.9 Å². The molecule has 7 nitrogen and oxygen atoms in total. The fourth-order valence-corrected chi connectivity index (χ4v) is 4.55. The summed E-state index contributed by atoms with van der Waals surface area (Å²) in [5, 5.41) is 9.11. The Balaban J connectivity index is 1.53. The standard InChI is InChI=1S/C23H18F3N5O2S/c24-23(25,26)14-9-7-13(8-10-14)20(32)28-19-12-17(18-6-3-11-34-18)30-31(19)22-27-16-5-2-1-4-15(16)21(33)29-22/h3,6-12H,1-2,4-5H2,(H,28,32)(H,27,29,33). The number of rotatable bonds is 4. The number of H-pyrrole nitrogens is 1. The SMILES string of the molecule is O=C(Nc1cc(-c2cccs2)nn1-c1nc2c(c(=O)[nH]1)CCCC2)c1ccc(C(F)(F)F)cc1. The molecule has 0 aliphatic heterocycles. The maximum Gasteiger partial charge on any atom is 0.416 e. The van der Waals surface area contributed by atoms with Crippen molar-refractivity contribution in [3.63, 3.8) is 0 Å². The summed E-state index contributed by atoms with van der Waals surface area (Å²) >= 11 is 1.45. The zero-order chi connectivity index (χ0) is 23.9. The van der Waals surface area contributed by atoms with E-state index in [1.807, 2.05) is 17.5 Å². The van der Waals surface area contributed by atoms with E-state index in [2.05, 4.69) is 20.4 Å². The number of carbonyl (C=O) groups excluding carboxylic acids is 1. The molecule has 34 heavy (non-hydrogen) atoms. The van der Waals surface area contributed by atoms with Crippen molar-refractivity contribution in [2.45, 2.75) is 31.9 Å². The normalized spacial score (nSPS) is 13.5. The van der Waals surface area contributed by atoms with Gasteiger partial charge in [-0.15, -0.1) is 11.3 Å². The van der Waals surface area contributed by atoms with Gasteiger partial charge in [-0.2, -0.15) is 23.0 Å². The zero-order valence-corrected chi connectivity index (χ0v) is 18.5. The Bertz CT molecular complexity index is 1410. The molecule has 3 aromatic heterocycles. The van der Waals surface area contributed by atoms with E-state index in [9.17, 15) is 22.8 Å². The Morgan fingerprint density at radius 1 is 1.12 bits per heavy atom. The second kappa shape index (κ2) is 8.56. The number of halogens is 3. The largest absolute Gasteiger partial charge is 0.416 e. The number of amides is 1. The third-order valence-corrected chi connectivity index (χ3v) is 6.47. The lowest BCUT2D eigenvalue weighted by Gasteiger charge is -2.15. The minimum atomic E-state index is -4.49. The number of nitrogens with zero attached hydrogens (tertiary/aromatic N) is 3. The lowest BCUT2D eigenvalue weighted by atomic mass is 9.97. The van der Waals surface area contributed by atoms with E-state index in [4.69, 9.17) is 0 Å². The van der Waals surface area contributed by atoms with Gasteiger partial charge in [-0.05, 0) is 61.4 Å². The average molecular weight is 485 g/mol. The van der Waals surface area contributed by atoms with Gasteiger partial charge in [0.15, 0.2) is 0 Å². The van der Waals surface area contributed by atoms with Crippen LogP contribution < -0.4 is 10.9 Å². The second-order valence-corrected chi connectivity index (χ2v) is 8.80. The highest BCUT2D eigenvalue weighted by Gasteiger charge is 2.30. The first-order chi connectivity index (χ1) is 16.3. The lowest BCUT2D eigenvalue weighted by Crippen LogP contribution is -2.24. The molecule has 0 bridgehead atoms. The molecule has 5 rings (SSSR count). The van der Waals surface area contributed by atoms with Crippen LogP contribution in [0.25, 0.3) is 16.5 Å². The third kappa shape index (κ3) is 4.26. The van der Waals surface area contributed by atoms with E-state index in [0.717, 1.165) is 42.0 Å². The zero-order valence-electron chi connectivity index (χ0n) is 17.6. The number of nitrogens with one attached hydrogen (secondary N) is 2. The highest BCUT2D eigenvalue weighted by atomic mass is 32.1. The predicted octanol–water partition coefficient (Wildman–Crippen LogP) is 4.83. The molecule has 1 aliphatic carbocycles. The minimum absolute atomic E-state index is 0.0466. The number of thiophene rings is 1. The van der Waals surface area contributed by atoms with Gasteiger partial charge in [0.1, 0.15) is 11.5 Å². The third-order valence-electron chi connectivity index (χ3n) is 5.58. The molecule has 0 spiro atoms. The molecule has 0 saturated heterocycles. The second-order valence-electron chi connectivity index (χ2n) is 7.86. The number of fused-ring (bicyclic) bond motifs is 1. The van der Waals surface area contributed by atoms with E-state index < -0.39 is 17.6 Å². The van der Waals surface area contributed by atoms with Gasteiger partial charge in [-0.1, -0.05) is 6.07 Å². The molecule has 1 aliphatic rings. The van der Waals surface area contributed by atoms with E-state index in [1.54, 1.807) is 6.07 Å². The van der Waals surface area contributed by atoms with Crippen LogP contribution in [0.4, 0.5) is 19.0 Å². The smallest absolute Gasteiger partial charge is 0.306 e. The number of hydrogen-bond donors (Lipinski definition) is 2. The van der Waals surface area contributed by atoms with Gasteiger partial charge in [-0.3, -0.25) is 14.6 Å². The van der Waals surface area contributed by atoms with Crippen molar-refractivity contribution < 1.29 is 18.0 Å². The van der Waals surface area contributed by atoms with E-state index in [0.29, 0.717) is 29.8 Å². The highest BCUT2D eigenvalue weighted by Crippen LogP contribution is 2.30. The molecular formula is C23H18F3N5O2S. The topological polar surface area (TPSA) is 92.7 Å². The van der Waals surface area contributed by atoms with Gasteiger partial charge in [0.2, 0.25) is 5.95 Å². The van der Waals surface area contributed by atoms with Crippen LogP contribution in [0.1, 0.15) is 40.0 Å². The Hall–Kier alpha value is -3.73. The van der Waals surface area contributed by atoms with Crippen LogP contribution >= 0.6 is 11.3 Å². The summed E-state index contributed by atoms with van der Waals surface area (Å²) in [7, 11) is 0. The number of alkyl halides is 3. The van der Waals surface area contributed by atoms with Gasteiger partial charge >= 0.3 is 6.18 Å². The van der Waals surface area contributed by atoms with Crippen molar-refractivity contribution in [2.75, 3.05) is 5.32 Å². The molecule has 0 fully saturated rings. The van der Waals surface area contributed by atoms with E-state index >= 15 is 0 Å². The summed E-state index contributed by atoms with van der Waals surface area (Å²) in [4.78, 5) is 33.7. The summed E-state index contributed by atoms with van der Waals surface area (Å²) in [5.41, 5.74) is 0.885. The Morgan fingerprint density at radius 2 is 1.88 bits per heavy atom.